The van der Waals surface area contributed by atoms with Crippen molar-refractivity contribution in [3.8, 4) is 6.07 Å². The number of carbonyl (C=O) groups excluding carboxylic acids is 3. The number of fused-ring (bicyclic) bond motifs is 1. The lowest BCUT2D eigenvalue weighted by atomic mass is 9.87. The molecule has 0 spiro atoms. The van der Waals surface area contributed by atoms with Gasteiger partial charge in [-0.05, 0) is 50.7 Å². The minimum atomic E-state index is -0.862. The molecule has 0 bridgehead atoms. The number of rotatable bonds is 7. The first-order chi connectivity index (χ1) is 15.8. The van der Waals surface area contributed by atoms with E-state index in [0.29, 0.717) is 23.4 Å². The molecule has 0 aliphatic carbocycles. The molecule has 0 saturated carbocycles. The fourth-order valence-electron chi connectivity index (χ4n) is 4.39. The molecule has 2 heterocycles. The fraction of sp³-hybridized carbons (Fsp3) is 0.520. The van der Waals surface area contributed by atoms with Gasteiger partial charge in [-0.3, -0.25) is 14.4 Å². The zero-order valence-electron chi connectivity index (χ0n) is 20.2. The molecule has 0 unspecified atom stereocenters. The van der Waals surface area contributed by atoms with Crippen LogP contribution in [0.15, 0.2) is 24.3 Å². The summed E-state index contributed by atoms with van der Waals surface area (Å²) in [5, 5.41) is 19.4. The molecule has 1 aliphatic heterocycles. The summed E-state index contributed by atoms with van der Waals surface area (Å²) in [5.41, 5.74) is 0.332. The van der Waals surface area contributed by atoms with Crippen molar-refractivity contribution in [2.45, 2.75) is 71.5 Å². The van der Waals surface area contributed by atoms with Crippen LogP contribution in [0.25, 0.3) is 10.9 Å². The Balaban J connectivity index is 1.73. The highest BCUT2D eigenvalue weighted by atomic mass is 35.5. The Bertz CT molecular complexity index is 1140. The van der Waals surface area contributed by atoms with E-state index in [1.807, 2.05) is 40.7 Å². The van der Waals surface area contributed by atoms with E-state index in [1.54, 1.807) is 18.2 Å². The summed E-state index contributed by atoms with van der Waals surface area (Å²) in [5.74, 6) is -1.37. The van der Waals surface area contributed by atoms with E-state index in [1.165, 1.54) is 0 Å². The van der Waals surface area contributed by atoms with Crippen molar-refractivity contribution in [1.82, 2.24) is 20.9 Å². The van der Waals surface area contributed by atoms with Crippen LogP contribution < -0.4 is 16.0 Å². The van der Waals surface area contributed by atoms with Crippen LogP contribution in [0.5, 0.6) is 0 Å². The Morgan fingerprint density at radius 1 is 1.29 bits per heavy atom. The molecular weight excluding hydrogens is 454 g/mol. The smallest absolute Gasteiger partial charge is 0.268 e. The lowest BCUT2D eigenvalue weighted by Gasteiger charge is -2.27. The van der Waals surface area contributed by atoms with Gasteiger partial charge < -0.3 is 20.9 Å². The second-order valence-electron chi connectivity index (χ2n) is 10.9. The van der Waals surface area contributed by atoms with Gasteiger partial charge in [-0.1, -0.05) is 44.5 Å². The Morgan fingerprint density at radius 3 is 2.56 bits per heavy atom. The van der Waals surface area contributed by atoms with Crippen molar-refractivity contribution in [2.75, 3.05) is 0 Å². The first-order valence-electron chi connectivity index (χ1n) is 11.4. The van der Waals surface area contributed by atoms with Crippen LogP contribution >= 0.6 is 11.6 Å². The van der Waals surface area contributed by atoms with Crippen LogP contribution in [0.2, 0.25) is 5.02 Å². The quantitative estimate of drug-likeness (QED) is 0.477. The summed E-state index contributed by atoms with van der Waals surface area (Å²) in [6.07, 6.45) is 1.17. The highest BCUT2D eigenvalue weighted by molar-refractivity contribution is 6.35. The average molecular weight is 486 g/mol. The van der Waals surface area contributed by atoms with Crippen LogP contribution in [0.1, 0.15) is 64.4 Å². The number of aromatic amines is 1. The van der Waals surface area contributed by atoms with Crippen LogP contribution in [0.4, 0.5) is 0 Å². The van der Waals surface area contributed by atoms with Crippen molar-refractivity contribution < 1.29 is 14.4 Å². The average Bonchev–Trinajstić information content (AvgIpc) is 3.26. The minimum Gasteiger partial charge on any atom is -0.351 e. The fourth-order valence-corrected chi connectivity index (χ4v) is 4.61. The van der Waals surface area contributed by atoms with E-state index in [-0.39, 0.29) is 34.9 Å². The highest BCUT2D eigenvalue weighted by Crippen LogP contribution is 2.28. The normalized spacial score (nSPS) is 19.2. The van der Waals surface area contributed by atoms with Crippen LogP contribution in [0, 0.1) is 22.7 Å². The number of nitriles is 1. The standard InChI is InChI=1S/C25H32ClN5O3/c1-24(2,3)12-19(30-22(33)18-10-14-7-6-8-17(26)20(14)29-18)23(34)28-16(13-27)9-15-11-25(4,5)31-21(15)32/h6-8,10,15-16,19,29H,9,11-12H2,1-5H3,(H,28,34)(H,30,33)(H,31,32)/t15-,16+,19+/m1/s1. The zero-order valence-corrected chi connectivity index (χ0v) is 21.0. The van der Waals surface area contributed by atoms with Crippen LogP contribution in [-0.4, -0.2) is 40.3 Å². The minimum absolute atomic E-state index is 0.114. The SMILES string of the molecule is CC(C)(C)C[C@H](NC(=O)c1cc2cccc(Cl)c2[nH]1)C(=O)N[C@H](C#N)C[C@@H]1CC(C)(C)NC1=O. The third kappa shape index (κ3) is 6.29. The maximum Gasteiger partial charge on any atom is 0.268 e. The predicted molar refractivity (Wildman–Crippen MR) is 131 cm³/mol. The van der Waals surface area contributed by atoms with Crippen LogP contribution in [-0.2, 0) is 9.59 Å². The molecule has 0 radical (unpaired) electrons. The summed E-state index contributed by atoms with van der Waals surface area (Å²) in [6.45, 7) is 9.76. The molecule has 2 aromatic rings. The number of para-hydroxylation sites is 1. The van der Waals surface area contributed by atoms with Gasteiger partial charge in [-0.2, -0.15) is 5.26 Å². The zero-order chi connectivity index (χ0) is 25.3. The number of amides is 3. The van der Waals surface area contributed by atoms with Crippen molar-refractivity contribution in [3.05, 3.63) is 35.0 Å². The van der Waals surface area contributed by atoms with E-state index in [2.05, 4.69) is 27.0 Å². The van der Waals surface area contributed by atoms with Crippen molar-refractivity contribution in [2.24, 2.45) is 11.3 Å². The van der Waals surface area contributed by atoms with Gasteiger partial charge in [-0.15, -0.1) is 0 Å². The van der Waals surface area contributed by atoms with E-state index >= 15 is 0 Å². The molecule has 1 aromatic carbocycles. The predicted octanol–water partition coefficient (Wildman–Crippen LogP) is 3.67. The van der Waals surface area contributed by atoms with Gasteiger partial charge in [0.1, 0.15) is 17.8 Å². The summed E-state index contributed by atoms with van der Waals surface area (Å²) in [6, 6.07) is 7.43. The number of nitrogens with one attached hydrogen (secondary N) is 4. The Morgan fingerprint density at radius 2 is 2.00 bits per heavy atom. The number of hydrogen-bond acceptors (Lipinski definition) is 4. The third-order valence-electron chi connectivity index (χ3n) is 5.87. The molecule has 3 rings (SSSR count). The molecule has 1 aliphatic rings. The molecule has 4 N–H and O–H groups in total. The molecule has 9 heteroatoms. The van der Waals surface area contributed by atoms with Gasteiger partial charge in [0.2, 0.25) is 11.8 Å². The molecule has 8 nitrogen and oxygen atoms in total. The number of H-pyrrole nitrogens is 1. The number of halogens is 1. The summed E-state index contributed by atoms with van der Waals surface area (Å²) in [4.78, 5) is 41.4. The van der Waals surface area contributed by atoms with Crippen molar-refractivity contribution >= 4 is 40.2 Å². The topological polar surface area (TPSA) is 127 Å². The van der Waals surface area contributed by atoms with Gasteiger partial charge in [0.25, 0.3) is 5.91 Å². The highest BCUT2D eigenvalue weighted by Gasteiger charge is 2.39. The van der Waals surface area contributed by atoms with E-state index in [0.717, 1.165) is 5.39 Å². The monoisotopic (exact) mass is 485 g/mol. The maximum absolute atomic E-state index is 13.2. The van der Waals surface area contributed by atoms with Gasteiger partial charge >= 0.3 is 0 Å². The van der Waals surface area contributed by atoms with Crippen molar-refractivity contribution in [1.29, 1.82) is 5.26 Å². The number of benzene rings is 1. The molecule has 1 saturated heterocycles. The summed E-state index contributed by atoms with van der Waals surface area (Å²) in [7, 11) is 0. The Hall–Kier alpha value is -3.05. The van der Waals surface area contributed by atoms with E-state index in [4.69, 9.17) is 11.6 Å². The first kappa shape index (κ1) is 25.6. The molecule has 1 aromatic heterocycles. The van der Waals surface area contributed by atoms with Gasteiger partial charge in [0.05, 0.1) is 16.6 Å². The second kappa shape index (κ2) is 9.67. The number of hydrogen-bond donors (Lipinski definition) is 4. The number of carbonyl (C=O) groups is 3. The number of aromatic nitrogens is 1. The molecular formula is C25H32ClN5O3. The van der Waals surface area contributed by atoms with Crippen LogP contribution in [0.3, 0.4) is 0 Å². The molecule has 34 heavy (non-hydrogen) atoms. The summed E-state index contributed by atoms with van der Waals surface area (Å²) < 4.78 is 0. The summed E-state index contributed by atoms with van der Waals surface area (Å²) >= 11 is 6.20. The second-order valence-corrected chi connectivity index (χ2v) is 11.3. The largest absolute Gasteiger partial charge is 0.351 e. The molecule has 182 valence electrons. The van der Waals surface area contributed by atoms with Gasteiger partial charge in [-0.25, -0.2) is 0 Å². The maximum atomic E-state index is 13.2. The van der Waals surface area contributed by atoms with Crippen molar-refractivity contribution in [3.63, 3.8) is 0 Å². The van der Waals surface area contributed by atoms with E-state index < -0.39 is 23.9 Å². The Labute approximate surface area is 204 Å². The van der Waals surface area contributed by atoms with E-state index in [9.17, 15) is 19.6 Å². The van der Waals surface area contributed by atoms with Gasteiger partial charge in [0, 0.05) is 16.8 Å². The number of nitrogens with zero attached hydrogens (tertiary/aromatic N) is 1. The van der Waals surface area contributed by atoms with Gasteiger partial charge in [0.15, 0.2) is 0 Å². The Kier molecular flexibility index (Phi) is 7.27. The molecule has 3 amide bonds. The lowest BCUT2D eigenvalue weighted by molar-refractivity contribution is -0.125. The third-order valence-corrected chi connectivity index (χ3v) is 6.18. The lowest BCUT2D eigenvalue weighted by Crippen LogP contribution is -2.51. The molecule has 3 atom stereocenters. The first-order valence-corrected chi connectivity index (χ1v) is 11.8. The molecule has 1 fully saturated rings.